The van der Waals surface area contributed by atoms with Crippen molar-refractivity contribution in [1.29, 1.82) is 0 Å². The summed E-state index contributed by atoms with van der Waals surface area (Å²) in [5.74, 6) is -0.806. The highest BCUT2D eigenvalue weighted by Gasteiger charge is 2.40. The van der Waals surface area contributed by atoms with Gasteiger partial charge in [-0.1, -0.05) is 0 Å². The molecular weight excluding hydrogens is 402 g/mol. The zero-order valence-electron chi connectivity index (χ0n) is 15.7. The van der Waals surface area contributed by atoms with Gasteiger partial charge in [-0.15, -0.1) is 0 Å². The van der Waals surface area contributed by atoms with E-state index < -0.39 is 29.2 Å². The van der Waals surface area contributed by atoms with Crippen LogP contribution in [-0.2, 0) is 6.18 Å². The van der Waals surface area contributed by atoms with Gasteiger partial charge in [-0.05, 0) is 49.2 Å². The van der Waals surface area contributed by atoms with E-state index in [1.807, 2.05) is 0 Å². The summed E-state index contributed by atoms with van der Waals surface area (Å²) >= 11 is 0. The monoisotopic (exact) mass is 419 g/mol. The summed E-state index contributed by atoms with van der Waals surface area (Å²) in [6.07, 6.45) is -0.441. The second-order valence-corrected chi connectivity index (χ2v) is 6.85. The molecule has 10 heteroatoms. The molecule has 0 radical (unpaired) electrons. The molecule has 6 nitrogen and oxygen atoms in total. The van der Waals surface area contributed by atoms with E-state index in [2.05, 4.69) is 20.3 Å². The van der Waals surface area contributed by atoms with Crippen molar-refractivity contribution < 1.29 is 22.4 Å². The van der Waals surface area contributed by atoms with Crippen LogP contribution in [-0.4, -0.2) is 33.8 Å². The SMILES string of the molecule is O=C(Nc1ccc(N2CCCC2)nc1)c1cnn(-c2ccc(F)cc2)c1C(F)(F)F. The smallest absolute Gasteiger partial charge is 0.357 e. The van der Waals surface area contributed by atoms with Crippen molar-refractivity contribution in [3.8, 4) is 5.69 Å². The van der Waals surface area contributed by atoms with Crippen molar-refractivity contribution >= 4 is 17.4 Å². The molecule has 1 N–H and O–H groups in total. The molecule has 3 aromatic rings. The normalized spacial score (nSPS) is 14.2. The lowest BCUT2D eigenvalue weighted by molar-refractivity contribution is -0.143. The lowest BCUT2D eigenvalue weighted by Crippen LogP contribution is -2.21. The van der Waals surface area contributed by atoms with Crippen LogP contribution in [0.4, 0.5) is 29.1 Å². The zero-order valence-corrected chi connectivity index (χ0v) is 15.7. The Morgan fingerprint density at radius 3 is 2.30 bits per heavy atom. The minimum atomic E-state index is -4.85. The Labute approximate surface area is 169 Å². The van der Waals surface area contributed by atoms with Crippen LogP contribution in [0.25, 0.3) is 5.69 Å². The maximum absolute atomic E-state index is 13.7. The fourth-order valence-electron chi connectivity index (χ4n) is 3.36. The van der Waals surface area contributed by atoms with Gasteiger partial charge in [0.25, 0.3) is 5.91 Å². The van der Waals surface area contributed by atoms with Gasteiger partial charge < -0.3 is 10.2 Å². The van der Waals surface area contributed by atoms with Crippen molar-refractivity contribution in [2.24, 2.45) is 0 Å². The summed E-state index contributed by atoms with van der Waals surface area (Å²) in [6.45, 7) is 1.80. The van der Waals surface area contributed by atoms with Crippen molar-refractivity contribution in [3.05, 3.63) is 65.9 Å². The minimum absolute atomic E-state index is 0.0144. The average molecular weight is 419 g/mol. The van der Waals surface area contributed by atoms with Crippen LogP contribution < -0.4 is 10.2 Å². The summed E-state index contributed by atoms with van der Waals surface area (Å²) in [6, 6.07) is 7.65. The number of pyridine rings is 1. The highest BCUT2D eigenvalue weighted by atomic mass is 19.4. The number of aromatic nitrogens is 3. The topological polar surface area (TPSA) is 63.1 Å². The van der Waals surface area contributed by atoms with Gasteiger partial charge in [0.2, 0.25) is 0 Å². The number of nitrogens with one attached hydrogen (secondary N) is 1. The van der Waals surface area contributed by atoms with Crippen molar-refractivity contribution in [2.75, 3.05) is 23.3 Å². The largest absolute Gasteiger partial charge is 0.434 e. The molecule has 1 aromatic carbocycles. The molecule has 4 rings (SSSR count). The third-order valence-corrected chi connectivity index (χ3v) is 4.79. The highest BCUT2D eigenvalue weighted by molar-refractivity contribution is 6.05. The predicted molar refractivity (Wildman–Crippen MR) is 102 cm³/mol. The van der Waals surface area contributed by atoms with Crippen molar-refractivity contribution in [3.63, 3.8) is 0 Å². The summed E-state index contributed by atoms with van der Waals surface area (Å²) in [5.41, 5.74) is -1.63. The van der Waals surface area contributed by atoms with Crippen LogP contribution in [0.2, 0.25) is 0 Å². The van der Waals surface area contributed by atoms with E-state index in [1.165, 1.54) is 6.20 Å². The van der Waals surface area contributed by atoms with E-state index in [1.54, 1.807) is 12.1 Å². The molecule has 1 aliphatic rings. The van der Waals surface area contributed by atoms with Gasteiger partial charge in [-0.25, -0.2) is 14.1 Å². The number of halogens is 4. The first-order chi connectivity index (χ1) is 14.3. The molecule has 1 fully saturated rings. The third-order valence-electron chi connectivity index (χ3n) is 4.79. The molecule has 1 amide bonds. The molecule has 1 saturated heterocycles. The summed E-state index contributed by atoms with van der Waals surface area (Å²) in [5, 5.41) is 6.13. The second kappa shape index (κ2) is 7.77. The van der Waals surface area contributed by atoms with Gasteiger partial charge in [-0.3, -0.25) is 4.79 Å². The molecule has 0 spiro atoms. The molecule has 0 aliphatic carbocycles. The number of alkyl halides is 3. The Kier molecular flexibility index (Phi) is 5.15. The highest BCUT2D eigenvalue weighted by Crippen LogP contribution is 2.34. The van der Waals surface area contributed by atoms with E-state index >= 15 is 0 Å². The second-order valence-electron chi connectivity index (χ2n) is 6.85. The van der Waals surface area contributed by atoms with E-state index in [-0.39, 0.29) is 11.4 Å². The van der Waals surface area contributed by atoms with Gasteiger partial charge in [0.05, 0.1) is 29.3 Å². The van der Waals surface area contributed by atoms with Crippen LogP contribution in [0.5, 0.6) is 0 Å². The van der Waals surface area contributed by atoms with Crippen LogP contribution >= 0.6 is 0 Å². The quantitative estimate of drug-likeness (QED) is 0.642. The van der Waals surface area contributed by atoms with Gasteiger partial charge >= 0.3 is 6.18 Å². The molecule has 0 unspecified atom stereocenters. The zero-order chi connectivity index (χ0) is 21.3. The molecule has 2 aromatic heterocycles. The van der Waals surface area contributed by atoms with Crippen LogP contribution in [0.1, 0.15) is 28.9 Å². The van der Waals surface area contributed by atoms with Gasteiger partial charge in [0.1, 0.15) is 11.6 Å². The average Bonchev–Trinajstić information content (AvgIpc) is 3.39. The number of rotatable bonds is 4. The number of nitrogens with zero attached hydrogens (tertiary/aromatic N) is 4. The molecule has 3 heterocycles. The summed E-state index contributed by atoms with van der Waals surface area (Å²) < 4.78 is 54.8. The number of amides is 1. The van der Waals surface area contributed by atoms with Gasteiger partial charge in [0.15, 0.2) is 5.69 Å². The van der Waals surface area contributed by atoms with Crippen molar-refractivity contribution in [2.45, 2.75) is 19.0 Å². The maximum Gasteiger partial charge on any atom is 0.434 e. The molecular formula is C20H17F4N5O. The Hall–Kier alpha value is -3.43. The number of hydrogen-bond acceptors (Lipinski definition) is 4. The standard InChI is InChI=1S/C20H17F4N5O/c21-13-3-6-15(7-4-13)29-18(20(22,23)24)16(12-26-29)19(30)27-14-5-8-17(25-11-14)28-9-1-2-10-28/h3-8,11-12H,1-2,9-10H2,(H,27,30). The van der Waals surface area contributed by atoms with Crippen LogP contribution in [0, 0.1) is 5.82 Å². The Balaban J connectivity index is 1.60. The Morgan fingerprint density at radius 1 is 1.00 bits per heavy atom. The van der Waals surface area contributed by atoms with Crippen molar-refractivity contribution in [1.82, 2.24) is 14.8 Å². The summed E-state index contributed by atoms with van der Waals surface area (Å²) in [7, 11) is 0. The lowest BCUT2D eigenvalue weighted by atomic mass is 10.2. The Bertz CT molecular complexity index is 1040. The molecule has 30 heavy (non-hydrogen) atoms. The van der Waals surface area contributed by atoms with Gasteiger partial charge in [-0.2, -0.15) is 18.3 Å². The maximum atomic E-state index is 13.7. The lowest BCUT2D eigenvalue weighted by Gasteiger charge is -2.16. The van der Waals surface area contributed by atoms with Crippen LogP contribution in [0.3, 0.4) is 0 Å². The first-order valence-corrected chi connectivity index (χ1v) is 9.26. The van der Waals surface area contributed by atoms with Gasteiger partial charge in [0, 0.05) is 13.1 Å². The van der Waals surface area contributed by atoms with E-state index in [0.717, 1.165) is 62.2 Å². The molecule has 0 atom stereocenters. The minimum Gasteiger partial charge on any atom is -0.357 e. The predicted octanol–water partition coefficient (Wildman–Crippen LogP) is 4.28. The number of anilines is 2. The van der Waals surface area contributed by atoms with Crippen LogP contribution in [0.15, 0.2) is 48.8 Å². The Morgan fingerprint density at radius 2 is 1.70 bits per heavy atom. The first-order valence-electron chi connectivity index (χ1n) is 9.26. The summed E-state index contributed by atoms with van der Waals surface area (Å²) in [4.78, 5) is 18.9. The number of benzene rings is 1. The number of carbonyl (C=O) groups excluding carboxylic acids is 1. The first kappa shape index (κ1) is 19.9. The number of hydrogen-bond donors (Lipinski definition) is 1. The molecule has 156 valence electrons. The molecule has 1 aliphatic heterocycles. The molecule has 0 bridgehead atoms. The third kappa shape index (κ3) is 3.98. The molecule has 0 saturated carbocycles. The fourth-order valence-corrected chi connectivity index (χ4v) is 3.36. The van der Waals surface area contributed by atoms with E-state index in [0.29, 0.717) is 4.68 Å². The van der Waals surface area contributed by atoms with E-state index in [4.69, 9.17) is 0 Å². The fraction of sp³-hybridized carbons (Fsp3) is 0.250. The number of carbonyl (C=O) groups is 1. The van der Waals surface area contributed by atoms with E-state index in [9.17, 15) is 22.4 Å².